The van der Waals surface area contributed by atoms with Crippen molar-refractivity contribution in [3.8, 4) is 0 Å². The van der Waals surface area contributed by atoms with E-state index in [-0.39, 0.29) is 30.6 Å². The standard InChI is InChI=1S/C22H34N6O3/c1-17-12-27(18(2)15-29)22(30)5-4-10-28-20(11-24-25-28)16-31-21(17)14-26(3)13-19-6-8-23-9-7-19/h6-9,11,17-18,21,29H,4-5,10,12-16H2,1-3H3/t17-,18+,21-/m0/s1. The Balaban J connectivity index is 1.77. The van der Waals surface area contributed by atoms with Gasteiger partial charge in [-0.3, -0.25) is 14.7 Å². The van der Waals surface area contributed by atoms with Crippen LogP contribution in [0.15, 0.2) is 30.7 Å². The molecule has 0 aromatic carbocycles. The summed E-state index contributed by atoms with van der Waals surface area (Å²) in [7, 11) is 2.07. The Kier molecular flexibility index (Phi) is 8.51. The van der Waals surface area contributed by atoms with Crippen molar-refractivity contribution >= 4 is 5.91 Å². The predicted molar refractivity (Wildman–Crippen MR) is 116 cm³/mol. The number of carbonyl (C=O) groups excluding carboxylic acids is 1. The molecule has 9 nitrogen and oxygen atoms in total. The van der Waals surface area contributed by atoms with Crippen LogP contribution in [0.5, 0.6) is 0 Å². The van der Waals surface area contributed by atoms with Gasteiger partial charge >= 0.3 is 0 Å². The van der Waals surface area contributed by atoms with Crippen LogP contribution in [0, 0.1) is 5.92 Å². The molecule has 0 spiro atoms. The summed E-state index contributed by atoms with van der Waals surface area (Å²) < 4.78 is 8.18. The van der Waals surface area contributed by atoms with E-state index >= 15 is 0 Å². The van der Waals surface area contributed by atoms with E-state index in [1.807, 2.05) is 23.7 Å². The minimum atomic E-state index is -0.227. The molecule has 31 heavy (non-hydrogen) atoms. The summed E-state index contributed by atoms with van der Waals surface area (Å²) in [5.41, 5.74) is 2.11. The molecule has 3 atom stereocenters. The highest BCUT2D eigenvalue weighted by Gasteiger charge is 2.28. The maximum absolute atomic E-state index is 12.9. The highest BCUT2D eigenvalue weighted by molar-refractivity contribution is 5.76. The first kappa shape index (κ1) is 23.3. The van der Waals surface area contributed by atoms with E-state index < -0.39 is 0 Å². The number of nitrogens with zero attached hydrogens (tertiary/aromatic N) is 6. The third-order valence-electron chi connectivity index (χ3n) is 5.83. The fourth-order valence-electron chi connectivity index (χ4n) is 3.92. The van der Waals surface area contributed by atoms with Gasteiger partial charge in [-0.2, -0.15) is 0 Å². The molecule has 0 bridgehead atoms. The molecule has 1 aliphatic rings. The van der Waals surface area contributed by atoms with Crippen molar-refractivity contribution in [3.05, 3.63) is 42.0 Å². The van der Waals surface area contributed by atoms with E-state index in [4.69, 9.17) is 4.74 Å². The minimum Gasteiger partial charge on any atom is -0.394 e. The number of amides is 1. The third-order valence-corrected chi connectivity index (χ3v) is 5.83. The lowest BCUT2D eigenvalue weighted by atomic mass is 10.0. The van der Waals surface area contributed by atoms with Crippen LogP contribution in [0.3, 0.4) is 0 Å². The van der Waals surface area contributed by atoms with Crippen molar-refractivity contribution in [2.75, 3.05) is 26.7 Å². The number of aliphatic hydroxyl groups excluding tert-OH is 1. The molecule has 3 heterocycles. The fourth-order valence-corrected chi connectivity index (χ4v) is 3.92. The van der Waals surface area contributed by atoms with Crippen molar-refractivity contribution in [2.45, 2.75) is 58.5 Å². The number of rotatable bonds is 6. The van der Waals surface area contributed by atoms with E-state index in [0.717, 1.165) is 12.2 Å². The summed E-state index contributed by atoms with van der Waals surface area (Å²) in [6.45, 7) is 7.02. The van der Waals surface area contributed by atoms with Crippen LogP contribution in [0.25, 0.3) is 0 Å². The minimum absolute atomic E-state index is 0.0551. The first-order valence-electron chi connectivity index (χ1n) is 10.9. The zero-order valence-electron chi connectivity index (χ0n) is 18.7. The molecule has 0 radical (unpaired) electrons. The highest BCUT2D eigenvalue weighted by Crippen LogP contribution is 2.18. The third kappa shape index (κ3) is 6.56. The van der Waals surface area contributed by atoms with Gasteiger partial charge < -0.3 is 14.7 Å². The molecule has 170 valence electrons. The number of ether oxygens (including phenoxy) is 1. The van der Waals surface area contributed by atoms with Crippen molar-refractivity contribution in [2.24, 2.45) is 5.92 Å². The molecule has 2 aromatic heterocycles. The van der Waals surface area contributed by atoms with Gasteiger partial charge in [0.1, 0.15) is 0 Å². The van der Waals surface area contributed by atoms with Gasteiger partial charge in [-0.1, -0.05) is 12.1 Å². The highest BCUT2D eigenvalue weighted by atomic mass is 16.5. The molecule has 0 unspecified atom stereocenters. The van der Waals surface area contributed by atoms with Gasteiger partial charge in [-0.05, 0) is 38.1 Å². The second-order valence-electron chi connectivity index (χ2n) is 8.51. The molecule has 0 saturated carbocycles. The zero-order valence-corrected chi connectivity index (χ0v) is 18.7. The summed E-state index contributed by atoms with van der Waals surface area (Å²) in [4.78, 5) is 21.0. The summed E-state index contributed by atoms with van der Waals surface area (Å²) in [6.07, 6.45) is 6.32. The van der Waals surface area contributed by atoms with Crippen molar-refractivity contribution in [3.63, 3.8) is 0 Å². The van der Waals surface area contributed by atoms with Gasteiger partial charge in [0, 0.05) is 50.9 Å². The Hall–Kier alpha value is -2.36. The molecule has 0 aliphatic carbocycles. The van der Waals surface area contributed by atoms with Gasteiger partial charge in [-0.25, -0.2) is 4.68 Å². The van der Waals surface area contributed by atoms with Gasteiger partial charge in [0.05, 0.1) is 37.3 Å². The summed E-state index contributed by atoms with van der Waals surface area (Å²) >= 11 is 0. The number of hydrogen-bond donors (Lipinski definition) is 1. The fraction of sp³-hybridized carbons (Fsp3) is 0.636. The number of carbonyl (C=O) groups is 1. The molecule has 9 heteroatoms. The van der Waals surface area contributed by atoms with Crippen LogP contribution >= 0.6 is 0 Å². The van der Waals surface area contributed by atoms with Crippen LogP contribution in [0.1, 0.15) is 37.9 Å². The maximum Gasteiger partial charge on any atom is 0.222 e. The molecular formula is C22H34N6O3. The van der Waals surface area contributed by atoms with Crippen molar-refractivity contribution in [1.29, 1.82) is 0 Å². The first-order chi connectivity index (χ1) is 15.0. The van der Waals surface area contributed by atoms with Gasteiger partial charge in [0.25, 0.3) is 0 Å². The van der Waals surface area contributed by atoms with Crippen LogP contribution in [0.4, 0.5) is 0 Å². The normalized spacial score (nSPS) is 22.0. The number of likely N-dealkylation sites (N-methyl/N-ethyl adjacent to an activating group) is 1. The van der Waals surface area contributed by atoms with E-state index in [1.165, 1.54) is 5.56 Å². The van der Waals surface area contributed by atoms with Gasteiger partial charge in [-0.15, -0.1) is 5.10 Å². The molecule has 2 aromatic rings. The van der Waals surface area contributed by atoms with Gasteiger partial charge in [0.15, 0.2) is 0 Å². The predicted octanol–water partition coefficient (Wildman–Crippen LogP) is 1.33. The van der Waals surface area contributed by atoms with E-state index in [0.29, 0.717) is 39.1 Å². The SMILES string of the molecule is C[C@H](CO)N1C[C@H](C)[C@H](CN(C)Cc2ccncc2)OCc2cnnn2CCCC1=O. The van der Waals surface area contributed by atoms with E-state index in [1.54, 1.807) is 23.5 Å². The Morgan fingerprint density at radius 2 is 2.13 bits per heavy atom. The molecule has 0 saturated heterocycles. The number of hydrogen-bond acceptors (Lipinski definition) is 7. The largest absolute Gasteiger partial charge is 0.394 e. The summed E-state index contributed by atoms with van der Waals surface area (Å²) in [5, 5.41) is 17.9. The van der Waals surface area contributed by atoms with Crippen molar-refractivity contribution < 1.29 is 14.6 Å². The number of fused-ring (bicyclic) bond motifs is 1. The molecule has 1 amide bonds. The average molecular weight is 431 g/mol. The van der Waals surface area contributed by atoms with Crippen LogP contribution in [0.2, 0.25) is 0 Å². The lowest BCUT2D eigenvalue weighted by Crippen LogP contribution is -2.47. The second kappa shape index (κ2) is 11.3. The average Bonchev–Trinajstić information content (AvgIpc) is 3.21. The molecule has 3 rings (SSSR count). The Morgan fingerprint density at radius 1 is 1.35 bits per heavy atom. The Labute approximate surface area is 184 Å². The lowest BCUT2D eigenvalue weighted by molar-refractivity contribution is -0.136. The molecule has 1 N–H and O–H groups in total. The monoisotopic (exact) mass is 430 g/mol. The molecule has 1 aliphatic heterocycles. The Morgan fingerprint density at radius 3 is 2.87 bits per heavy atom. The van der Waals surface area contributed by atoms with E-state index in [2.05, 4.69) is 34.2 Å². The smallest absolute Gasteiger partial charge is 0.222 e. The van der Waals surface area contributed by atoms with Crippen LogP contribution in [-0.2, 0) is 29.2 Å². The van der Waals surface area contributed by atoms with Gasteiger partial charge in [0.2, 0.25) is 5.91 Å². The number of pyridine rings is 1. The van der Waals surface area contributed by atoms with E-state index in [9.17, 15) is 9.90 Å². The molecule has 0 fully saturated rings. The number of aromatic nitrogens is 4. The van der Waals surface area contributed by atoms with Crippen LogP contribution in [-0.4, -0.2) is 79.7 Å². The zero-order chi connectivity index (χ0) is 22.2. The topological polar surface area (TPSA) is 96.6 Å². The first-order valence-corrected chi connectivity index (χ1v) is 10.9. The number of aliphatic hydroxyl groups is 1. The second-order valence-corrected chi connectivity index (χ2v) is 8.51. The number of aryl methyl sites for hydroxylation is 1. The lowest BCUT2D eigenvalue weighted by Gasteiger charge is -2.35. The summed E-state index contributed by atoms with van der Waals surface area (Å²) in [6, 6.07) is 3.79. The summed E-state index contributed by atoms with van der Waals surface area (Å²) in [5.74, 6) is 0.140. The maximum atomic E-state index is 12.9. The van der Waals surface area contributed by atoms with Crippen molar-refractivity contribution in [1.82, 2.24) is 29.8 Å². The molecular weight excluding hydrogens is 396 g/mol. The Bertz CT molecular complexity index is 815. The quantitative estimate of drug-likeness (QED) is 0.738. The van der Waals surface area contributed by atoms with Crippen LogP contribution < -0.4 is 0 Å².